The number of unbranched alkanes of at least 4 members (excludes halogenated alkanes) is 6. The van der Waals surface area contributed by atoms with Gasteiger partial charge in [-0.05, 0) is 56.7 Å². The Kier molecular flexibility index (Phi) is 18.9. The van der Waals surface area contributed by atoms with Crippen molar-refractivity contribution < 1.29 is 61.6 Å². The molecule has 1 rings (SSSR count). The summed E-state index contributed by atoms with van der Waals surface area (Å²) in [6.07, 6.45) is 17.7. The van der Waals surface area contributed by atoms with E-state index >= 15 is 0 Å². The van der Waals surface area contributed by atoms with Gasteiger partial charge in [-0.2, -0.15) is 0 Å². The van der Waals surface area contributed by atoms with Crippen LogP contribution in [0.25, 0.3) is 0 Å². The molecule has 0 atom stereocenters. The summed E-state index contributed by atoms with van der Waals surface area (Å²) in [5.41, 5.74) is -0.441. The van der Waals surface area contributed by atoms with Gasteiger partial charge in [0.15, 0.2) is 0 Å². The van der Waals surface area contributed by atoms with Crippen molar-refractivity contribution in [1.29, 1.82) is 0 Å². The van der Waals surface area contributed by atoms with Crippen molar-refractivity contribution in [1.82, 2.24) is 0 Å². The third kappa shape index (κ3) is 14.6. The quantitative estimate of drug-likeness (QED) is 0.103. The first-order chi connectivity index (χ1) is 16.3. The minimum absolute atomic E-state index is 0. The number of benzene rings is 1. The SMILES string of the molecule is CCCCC/C=C/CCOC(=O)c1ccc(S(=O)(=O)[O-])cc1C(=O)OCC/C=C/CCCCC.[Na+]. The number of allylic oxidation sites excluding steroid dienone is 2. The van der Waals surface area contributed by atoms with Crippen molar-refractivity contribution in [2.45, 2.75) is 83.0 Å². The van der Waals surface area contributed by atoms with Crippen molar-refractivity contribution in [3.05, 3.63) is 53.6 Å². The summed E-state index contributed by atoms with van der Waals surface area (Å²) in [6.45, 7) is 4.45. The third-order valence-electron chi connectivity index (χ3n) is 5.04. The fourth-order valence-electron chi connectivity index (χ4n) is 3.12. The second kappa shape index (κ2) is 19.7. The molecule has 0 radical (unpaired) electrons. The molecule has 0 aliphatic rings. The van der Waals surface area contributed by atoms with Crippen LogP contribution in [-0.2, 0) is 19.6 Å². The summed E-state index contributed by atoms with van der Waals surface area (Å²) in [4.78, 5) is 24.5. The van der Waals surface area contributed by atoms with Crippen LogP contribution in [0.2, 0.25) is 0 Å². The molecule has 0 heterocycles. The van der Waals surface area contributed by atoms with E-state index in [-0.39, 0.29) is 53.9 Å². The molecule has 190 valence electrons. The van der Waals surface area contributed by atoms with E-state index in [2.05, 4.69) is 13.8 Å². The standard InChI is InChI=1S/C26H38O7S.Na/c1-3-5-7-9-11-13-15-19-32-25(27)23-18-17-22(34(29,30)31)21-24(23)26(28)33-20-16-14-12-10-8-6-4-2;/h11-14,17-18,21H,3-10,15-16,19-20H2,1-2H3,(H,29,30,31);/q;+1/p-1/b13-11+,14-12+;. The molecule has 0 amide bonds. The number of ether oxygens (including phenoxy) is 2. The van der Waals surface area contributed by atoms with E-state index < -0.39 is 27.0 Å². The van der Waals surface area contributed by atoms with Crippen LogP contribution in [0.3, 0.4) is 0 Å². The maximum atomic E-state index is 12.6. The zero-order valence-electron chi connectivity index (χ0n) is 21.3. The number of rotatable bonds is 17. The van der Waals surface area contributed by atoms with Crippen LogP contribution in [0.15, 0.2) is 47.4 Å². The van der Waals surface area contributed by atoms with Gasteiger partial charge < -0.3 is 14.0 Å². The summed E-state index contributed by atoms with van der Waals surface area (Å²) in [6, 6.07) is 2.97. The van der Waals surface area contributed by atoms with E-state index in [4.69, 9.17) is 9.47 Å². The second-order valence-corrected chi connectivity index (χ2v) is 9.32. The number of hydrogen-bond acceptors (Lipinski definition) is 7. The minimum atomic E-state index is -4.81. The normalized spacial score (nSPS) is 11.5. The van der Waals surface area contributed by atoms with Crippen molar-refractivity contribution in [3.63, 3.8) is 0 Å². The van der Waals surface area contributed by atoms with Crippen LogP contribution in [-0.4, -0.2) is 38.1 Å². The molecule has 0 spiro atoms. The van der Waals surface area contributed by atoms with Gasteiger partial charge in [-0.3, -0.25) is 0 Å². The third-order valence-corrected chi connectivity index (χ3v) is 5.87. The zero-order chi connectivity index (χ0) is 25.2. The first-order valence-corrected chi connectivity index (χ1v) is 13.5. The first-order valence-electron chi connectivity index (χ1n) is 12.0. The molecule has 0 N–H and O–H groups in total. The van der Waals surface area contributed by atoms with Crippen LogP contribution in [0.4, 0.5) is 0 Å². The Morgan fingerprint density at radius 3 is 1.69 bits per heavy atom. The molecule has 0 aromatic heterocycles. The summed E-state index contributed by atoms with van der Waals surface area (Å²) in [7, 11) is -4.81. The summed E-state index contributed by atoms with van der Waals surface area (Å²) in [5, 5.41) is 0. The van der Waals surface area contributed by atoms with E-state index in [0.29, 0.717) is 12.8 Å². The average Bonchev–Trinajstić information content (AvgIpc) is 2.81. The molecule has 0 bridgehead atoms. The van der Waals surface area contributed by atoms with Gasteiger partial charge in [-0.15, -0.1) is 0 Å². The van der Waals surface area contributed by atoms with Crippen LogP contribution >= 0.6 is 0 Å². The molecule has 7 nitrogen and oxygen atoms in total. The molecule has 35 heavy (non-hydrogen) atoms. The van der Waals surface area contributed by atoms with E-state index in [1.807, 2.05) is 24.3 Å². The zero-order valence-corrected chi connectivity index (χ0v) is 24.1. The Hall–Kier alpha value is -1.45. The Morgan fingerprint density at radius 1 is 0.771 bits per heavy atom. The average molecular weight is 517 g/mol. The van der Waals surface area contributed by atoms with Gasteiger partial charge in [0.25, 0.3) is 0 Å². The fourth-order valence-corrected chi connectivity index (χ4v) is 3.61. The van der Waals surface area contributed by atoms with E-state index in [0.717, 1.165) is 63.1 Å². The molecular weight excluding hydrogens is 479 g/mol. The second-order valence-electron chi connectivity index (χ2n) is 7.95. The van der Waals surface area contributed by atoms with Gasteiger partial charge in [0.1, 0.15) is 10.1 Å². The molecule has 1 aromatic carbocycles. The molecule has 1 aromatic rings. The Morgan fingerprint density at radius 2 is 1.23 bits per heavy atom. The molecule has 0 unspecified atom stereocenters. The first kappa shape index (κ1) is 33.5. The molecular formula is C26H37NaO7S. The largest absolute Gasteiger partial charge is 1.00 e. The van der Waals surface area contributed by atoms with Crippen LogP contribution < -0.4 is 29.6 Å². The molecule has 0 saturated heterocycles. The Balaban J connectivity index is 0.0000116. The topological polar surface area (TPSA) is 110 Å². The van der Waals surface area contributed by atoms with Crippen molar-refractivity contribution in [3.8, 4) is 0 Å². The van der Waals surface area contributed by atoms with E-state index in [1.165, 1.54) is 6.42 Å². The van der Waals surface area contributed by atoms with Crippen LogP contribution in [0, 0.1) is 0 Å². The van der Waals surface area contributed by atoms with Crippen LogP contribution in [0.5, 0.6) is 0 Å². The van der Waals surface area contributed by atoms with Crippen molar-refractivity contribution in [2.24, 2.45) is 0 Å². The number of esters is 2. The monoisotopic (exact) mass is 516 g/mol. The van der Waals surface area contributed by atoms with E-state index in [9.17, 15) is 22.6 Å². The maximum Gasteiger partial charge on any atom is 1.00 e. The van der Waals surface area contributed by atoms with Gasteiger partial charge in [0.2, 0.25) is 0 Å². The number of hydrogen-bond donors (Lipinski definition) is 0. The molecule has 0 aliphatic carbocycles. The van der Waals surface area contributed by atoms with Gasteiger partial charge in [-0.25, -0.2) is 18.0 Å². The predicted molar refractivity (Wildman–Crippen MR) is 131 cm³/mol. The summed E-state index contributed by atoms with van der Waals surface area (Å²) >= 11 is 0. The van der Waals surface area contributed by atoms with Crippen molar-refractivity contribution in [2.75, 3.05) is 13.2 Å². The Bertz CT molecular complexity index is 924. The van der Waals surface area contributed by atoms with Gasteiger partial charge in [0, 0.05) is 0 Å². The fraction of sp³-hybridized carbons (Fsp3) is 0.538. The predicted octanol–water partition coefficient (Wildman–Crippen LogP) is 2.96. The van der Waals surface area contributed by atoms with Crippen LogP contribution in [0.1, 0.15) is 98.8 Å². The molecule has 9 heteroatoms. The van der Waals surface area contributed by atoms with E-state index in [1.54, 1.807) is 0 Å². The smallest absolute Gasteiger partial charge is 0.744 e. The number of carbonyl (C=O) groups is 2. The number of carbonyl (C=O) groups excluding carboxylic acids is 2. The summed E-state index contributed by atoms with van der Waals surface area (Å²) in [5.74, 6) is -1.66. The van der Waals surface area contributed by atoms with Crippen molar-refractivity contribution >= 4 is 22.1 Å². The van der Waals surface area contributed by atoms with Gasteiger partial charge in [-0.1, -0.05) is 63.8 Å². The maximum absolute atomic E-state index is 12.6. The molecule has 0 fully saturated rings. The van der Waals surface area contributed by atoms with Gasteiger partial charge >= 0.3 is 41.5 Å². The van der Waals surface area contributed by atoms with Gasteiger partial charge in [0.05, 0.1) is 29.2 Å². The molecule has 0 aliphatic heterocycles. The Labute approximate surface area is 232 Å². The minimum Gasteiger partial charge on any atom is -0.744 e. The molecule has 0 saturated carbocycles. The summed E-state index contributed by atoms with van der Waals surface area (Å²) < 4.78 is 44.6.